The van der Waals surface area contributed by atoms with Crippen molar-refractivity contribution in [1.82, 2.24) is 0 Å². The van der Waals surface area contributed by atoms with Crippen molar-refractivity contribution in [2.45, 2.75) is 30.6 Å². The lowest BCUT2D eigenvalue weighted by molar-refractivity contribution is 0.0960. The van der Waals surface area contributed by atoms with Gasteiger partial charge in [0.05, 0.1) is 0 Å². The largest absolute Gasteiger partial charge is 0.294 e. The number of rotatable bonds is 5. The number of Topliss-reactive ketones (excluding diaryl/α,β-unsaturated/α-hetero) is 1. The zero-order valence-electron chi connectivity index (χ0n) is 16.2. The maximum Gasteiger partial charge on any atom is 0.167 e. The van der Waals surface area contributed by atoms with E-state index < -0.39 is 8.07 Å². The Morgan fingerprint density at radius 2 is 1.11 bits per heavy atom. The van der Waals surface area contributed by atoms with Gasteiger partial charge in [-0.25, -0.2) is 0 Å². The molecule has 0 saturated heterocycles. The zero-order valence-corrected chi connectivity index (χ0v) is 17.2. The van der Waals surface area contributed by atoms with Gasteiger partial charge in [-0.05, 0) is 16.7 Å². The lowest BCUT2D eigenvalue weighted by atomic mass is 9.84. The molecule has 0 N–H and O–H groups in total. The Labute approximate surface area is 163 Å². The van der Waals surface area contributed by atoms with Crippen LogP contribution in [-0.4, -0.2) is 13.9 Å². The van der Waals surface area contributed by atoms with Crippen molar-refractivity contribution in [3.63, 3.8) is 0 Å². The lowest BCUT2D eigenvalue weighted by Crippen LogP contribution is -2.26. The van der Waals surface area contributed by atoms with Gasteiger partial charge in [0.1, 0.15) is 0 Å². The number of benzene rings is 3. The average Bonchev–Trinajstić information content (AvgIpc) is 3.42. The molecule has 1 aliphatic rings. The second-order valence-electron chi connectivity index (χ2n) is 8.65. The van der Waals surface area contributed by atoms with E-state index in [-0.39, 0.29) is 17.1 Å². The molecule has 0 bridgehead atoms. The first-order valence-electron chi connectivity index (χ1n) is 9.67. The molecular weight excluding hydrogens is 344 g/mol. The molecule has 0 aliphatic heterocycles. The SMILES string of the molecule is C[Si](C)(C)C1C(C(=O)c2ccccc2)C1(c1ccccc1)c1ccccc1. The van der Waals surface area contributed by atoms with E-state index in [1.54, 1.807) is 0 Å². The first-order valence-corrected chi connectivity index (χ1v) is 13.3. The minimum Gasteiger partial charge on any atom is -0.294 e. The van der Waals surface area contributed by atoms with E-state index in [4.69, 9.17) is 0 Å². The van der Waals surface area contributed by atoms with E-state index in [9.17, 15) is 4.79 Å². The molecule has 136 valence electrons. The van der Waals surface area contributed by atoms with Crippen LogP contribution in [0.1, 0.15) is 21.5 Å². The van der Waals surface area contributed by atoms with E-state index in [0.717, 1.165) is 5.56 Å². The van der Waals surface area contributed by atoms with Crippen LogP contribution >= 0.6 is 0 Å². The summed E-state index contributed by atoms with van der Waals surface area (Å²) < 4.78 is 0. The van der Waals surface area contributed by atoms with Crippen molar-refractivity contribution in [3.8, 4) is 0 Å². The molecule has 0 aromatic heterocycles. The fourth-order valence-corrected chi connectivity index (χ4v) is 8.22. The van der Waals surface area contributed by atoms with E-state index in [1.807, 2.05) is 30.3 Å². The molecular formula is C25H26OSi. The molecule has 2 unspecified atom stereocenters. The molecule has 2 atom stereocenters. The van der Waals surface area contributed by atoms with Crippen LogP contribution in [0.4, 0.5) is 0 Å². The van der Waals surface area contributed by atoms with Crippen molar-refractivity contribution in [2.24, 2.45) is 5.92 Å². The Bertz CT molecular complexity index is 887. The van der Waals surface area contributed by atoms with Crippen LogP contribution in [0, 0.1) is 5.92 Å². The summed E-state index contributed by atoms with van der Waals surface area (Å²) in [4.78, 5) is 13.6. The molecule has 1 fully saturated rings. The second-order valence-corrected chi connectivity index (χ2v) is 14.0. The van der Waals surface area contributed by atoms with Crippen LogP contribution in [0.2, 0.25) is 25.2 Å². The fourth-order valence-electron chi connectivity index (χ4n) is 5.02. The molecule has 0 spiro atoms. The summed E-state index contributed by atoms with van der Waals surface area (Å²) in [5.74, 6) is 0.298. The number of carbonyl (C=O) groups is 1. The number of hydrogen-bond donors (Lipinski definition) is 0. The molecule has 0 radical (unpaired) electrons. The molecule has 27 heavy (non-hydrogen) atoms. The Balaban J connectivity index is 1.92. The van der Waals surface area contributed by atoms with Crippen molar-refractivity contribution in [1.29, 1.82) is 0 Å². The van der Waals surface area contributed by atoms with Crippen molar-refractivity contribution >= 4 is 13.9 Å². The normalized spacial score (nSPS) is 20.9. The highest BCUT2D eigenvalue weighted by Gasteiger charge is 2.72. The Morgan fingerprint density at radius 3 is 1.52 bits per heavy atom. The second kappa shape index (κ2) is 6.61. The van der Waals surface area contributed by atoms with Crippen molar-refractivity contribution in [2.75, 3.05) is 0 Å². The highest BCUT2D eigenvalue weighted by atomic mass is 28.3. The van der Waals surface area contributed by atoms with E-state index >= 15 is 0 Å². The molecule has 0 amide bonds. The molecule has 1 aliphatic carbocycles. The number of ketones is 1. The summed E-state index contributed by atoms with van der Waals surface area (Å²) in [7, 11) is -1.60. The summed E-state index contributed by atoms with van der Waals surface area (Å²) >= 11 is 0. The summed E-state index contributed by atoms with van der Waals surface area (Å²) in [6, 6.07) is 31.2. The van der Waals surface area contributed by atoms with Crippen LogP contribution < -0.4 is 0 Å². The molecule has 4 rings (SSSR count). The molecule has 3 aromatic carbocycles. The minimum atomic E-state index is -1.60. The van der Waals surface area contributed by atoms with Gasteiger partial charge in [0, 0.05) is 25.0 Å². The van der Waals surface area contributed by atoms with Gasteiger partial charge in [-0.1, -0.05) is 111 Å². The van der Waals surface area contributed by atoms with Crippen LogP contribution in [0.3, 0.4) is 0 Å². The third-order valence-electron chi connectivity index (χ3n) is 5.98. The van der Waals surface area contributed by atoms with E-state index in [2.05, 4.69) is 80.3 Å². The smallest absolute Gasteiger partial charge is 0.167 e. The summed E-state index contributed by atoms with van der Waals surface area (Å²) in [6.07, 6.45) is 0. The van der Waals surface area contributed by atoms with Gasteiger partial charge in [-0.15, -0.1) is 0 Å². The van der Waals surface area contributed by atoms with Crippen LogP contribution in [-0.2, 0) is 5.41 Å². The fraction of sp³-hybridized carbons (Fsp3) is 0.240. The molecule has 2 heteroatoms. The van der Waals surface area contributed by atoms with Gasteiger partial charge in [-0.2, -0.15) is 0 Å². The summed E-state index contributed by atoms with van der Waals surface area (Å²) in [5.41, 5.74) is 3.57. The molecule has 1 saturated carbocycles. The van der Waals surface area contributed by atoms with E-state index in [0.29, 0.717) is 5.54 Å². The number of hydrogen-bond acceptors (Lipinski definition) is 1. The zero-order chi connectivity index (χ0) is 19.1. The average molecular weight is 371 g/mol. The van der Waals surface area contributed by atoms with Gasteiger partial charge in [0.2, 0.25) is 0 Å². The van der Waals surface area contributed by atoms with Gasteiger partial charge in [0.25, 0.3) is 0 Å². The predicted octanol–water partition coefficient (Wildman–Crippen LogP) is 6.19. The monoisotopic (exact) mass is 370 g/mol. The first-order chi connectivity index (χ1) is 13.0. The molecule has 1 nitrogen and oxygen atoms in total. The van der Waals surface area contributed by atoms with Crippen LogP contribution in [0.5, 0.6) is 0 Å². The summed E-state index contributed by atoms with van der Waals surface area (Å²) in [5, 5.41) is 0. The topological polar surface area (TPSA) is 17.1 Å². The van der Waals surface area contributed by atoms with Gasteiger partial charge in [0.15, 0.2) is 5.78 Å². The number of carbonyl (C=O) groups excluding carboxylic acids is 1. The quantitative estimate of drug-likeness (QED) is 0.386. The maximum atomic E-state index is 13.6. The van der Waals surface area contributed by atoms with Crippen molar-refractivity contribution in [3.05, 3.63) is 108 Å². The predicted molar refractivity (Wildman–Crippen MR) is 115 cm³/mol. The maximum absolute atomic E-state index is 13.6. The van der Waals surface area contributed by atoms with Gasteiger partial charge < -0.3 is 0 Å². The standard InChI is InChI=1S/C25H26OSi/c1-27(2,3)24-22(23(26)19-13-7-4-8-14-19)25(24,20-15-9-5-10-16-20)21-17-11-6-12-18-21/h4-18,22,24H,1-3H3. The highest BCUT2D eigenvalue weighted by Crippen LogP contribution is 2.72. The Morgan fingerprint density at radius 1 is 0.704 bits per heavy atom. The van der Waals surface area contributed by atoms with Gasteiger partial charge >= 0.3 is 0 Å². The summed E-state index contributed by atoms with van der Waals surface area (Å²) in [6.45, 7) is 7.20. The van der Waals surface area contributed by atoms with Gasteiger partial charge in [-0.3, -0.25) is 4.79 Å². The Kier molecular flexibility index (Phi) is 4.39. The van der Waals surface area contributed by atoms with Crippen LogP contribution in [0.15, 0.2) is 91.0 Å². The minimum absolute atomic E-state index is 0.0105. The first kappa shape index (κ1) is 17.9. The third kappa shape index (κ3) is 2.89. The van der Waals surface area contributed by atoms with Crippen LogP contribution in [0.25, 0.3) is 0 Å². The third-order valence-corrected chi connectivity index (χ3v) is 8.64. The Hall–Kier alpha value is -2.45. The van der Waals surface area contributed by atoms with Crippen molar-refractivity contribution < 1.29 is 4.79 Å². The molecule has 0 heterocycles. The van der Waals surface area contributed by atoms with E-state index in [1.165, 1.54) is 11.1 Å². The highest BCUT2D eigenvalue weighted by molar-refractivity contribution is 6.79. The lowest BCUT2D eigenvalue weighted by Gasteiger charge is -2.24. The molecule has 3 aromatic rings.